The van der Waals surface area contributed by atoms with Crippen molar-refractivity contribution in [2.24, 2.45) is 0 Å². The lowest BCUT2D eigenvalue weighted by atomic mass is 10.1. The smallest absolute Gasteiger partial charge is 0.229 e. The molecular weight excluding hydrogens is 366 g/mol. The number of aryl methyl sites for hydroxylation is 2. The normalized spacial score (nSPS) is 10.3. The van der Waals surface area contributed by atoms with Crippen LogP contribution in [0.1, 0.15) is 16.7 Å². The highest BCUT2D eigenvalue weighted by Crippen LogP contribution is 2.27. The van der Waals surface area contributed by atoms with Gasteiger partial charge in [0.1, 0.15) is 5.82 Å². The molecule has 29 heavy (non-hydrogen) atoms. The molecule has 6 nitrogen and oxygen atoms in total. The Balaban J connectivity index is 1.60. The Bertz CT molecular complexity index is 1000. The molecule has 0 unspecified atom stereocenters. The number of anilines is 3. The molecule has 0 atom stereocenters. The van der Waals surface area contributed by atoms with E-state index in [0.717, 1.165) is 16.9 Å². The Hall–Kier alpha value is -3.54. The molecule has 0 aliphatic carbocycles. The fraction of sp³-hybridized carbons (Fsp3) is 0.217. The molecule has 3 rings (SSSR count). The number of carbonyl (C=O) groups is 1. The zero-order valence-electron chi connectivity index (χ0n) is 17.1. The summed E-state index contributed by atoms with van der Waals surface area (Å²) in [7, 11) is 3.15. The summed E-state index contributed by atoms with van der Waals surface area (Å²) < 4.78 is 10.5. The van der Waals surface area contributed by atoms with Crippen molar-refractivity contribution in [3.8, 4) is 11.5 Å². The molecule has 6 heteroatoms. The maximum absolute atomic E-state index is 12.3. The van der Waals surface area contributed by atoms with Gasteiger partial charge in [0, 0.05) is 5.69 Å². The van der Waals surface area contributed by atoms with Gasteiger partial charge in [-0.15, -0.1) is 0 Å². The van der Waals surface area contributed by atoms with Crippen LogP contribution in [0.2, 0.25) is 0 Å². The Labute approximate surface area is 170 Å². The number of carbonyl (C=O) groups excluding carboxylic acids is 1. The SMILES string of the molecule is COc1ccc(CC(=O)Nc2ccc(Nc3ccc(C)c(C)c3)cn2)cc1OC. The number of pyridine rings is 1. The van der Waals surface area contributed by atoms with E-state index in [1.807, 2.05) is 18.2 Å². The van der Waals surface area contributed by atoms with Crippen molar-refractivity contribution in [3.63, 3.8) is 0 Å². The molecule has 0 aliphatic heterocycles. The van der Waals surface area contributed by atoms with Crippen molar-refractivity contribution in [3.05, 3.63) is 71.4 Å². The van der Waals surface area contributed by atoms with Gasteiger partial charge in [0.05, 0.1) is 32.5 Å². The van der Waals surface area contributed by atoms with Crippen LogP contribution in [0.3, 0.4) is 0 Å². The van der Waals surface area contributed by atoms with Crippen LogP contribution in [-0.4, -0.2) is 25.1 Å². The lowest BCUT2D eigenvalue weighted by Crippen LogP contribution is -2.15. The van der Waals surface area contributed by atoms with E-state index in [9.17, 15) is 4.79 Å². The average molecular weight is 391 g/mol. The summed E-state index contributed by atoms with van der Waals surface area (Å²) in [6.07, 6.45) is 1.91. The van der Waals surface area contributed by atoms with Gasteiger partial charge in [-0.3, -0.25) is 4.79 Å². The minimum Gasteiger partial charge on any atom is -0.493 e. The summed E-state index contributed by atoms with van der Waals surface area (Å²) in [5.41, 5.74) is 5.16. The van der Waals surface area contributed by atoms with E-state index >= 15 is 0 Å². The lowest BCUT2D eigenvalue weighted by Gasteiger charge is -2.11. The highest BCUT2D eigenvalue weighted by Gasteiger charge is 2.09. The Morgan fingerprint density at radius 3 is 2.31 bits per heavy atom. The quantitative estimate of drug-likeness (QED) is 0.614. The number of nitrogens with one attached hydrogen (secondary N) is 2. The molecule has 0 saturated heterocycles. The van der Waals surface area contributed by atoms with Gasteiger partial charge in [0.25, 0.3) is 0 Å². The minimum atomic E-state index is -0.153. The zero-order valence-corrected chi connectivity index (χ0v) is 17.1. The third-order valence-corrected chi connectivity index (χ3v) is 4.64. The summed E-state index contributed by atoms with van der Waals surface area (Å²) in [5, 5.41) is 6.13. The van der Waals surface area contributed by atoms with Crippen molar-refractivity contribution in [2.45, 2.75) is 20.3 Å². The van der Waals surface area contributed by atoms with Gasteiger partial charge in [-0.25, -0.2) is 4.98 Å². The maximum Gasteiger partial charge on any atom is 0.229 e. The molecule has 2 aromatic carbocycles. The summed E-state index contributed by atoms with van der Waals surface area (Å²) in [6, 6.07) is 15.3. The van der Waals surface area contributed by atoms with E-state index in [2.05, 4.69) is 41.6 Å². The van der Waals surface area contributed by atoms with E-state index in [1.165, 1.54) is 11.1 Å². The minimum absolute atomic E-state index is 0.153. The number of aromatic nitrogens is 1. The first-order valence-corrected chi connectivity index (χ1v) is 9.29. The lowest BCUT2D eigenvalue weighted by molar-refractivity contribution is -0.115. The van der Waals surface area contributed by atoms with Crippen LogP contribution in [0.25, 0.3) is 0 Å². The van der Waals surface area contributed by atoms with Gasteiger partial charge in [0.2, 0.25) is 5.91 Å². The molecule has 0 aliphatic rings. The molecule has 150 valence electrons. The fourth-order valence-corrected chi connectivity index (χ4v) is 2.89. The Kier molecular flexibility index (Phi) is 6.34. The summed E-state index contributed by atoms with van der Waals surface area (Å²) in [4.78, 5) is 16.7. The van der Waals surface area contributed by atoms with Gasteiger partial charge < -0.3 is 20.1 Å². The fourth-order valence-electron chi connectivity index (χ4n) is 2.89. The van der Waals surface area contributed by atoms with Crippen LogP contribution in [0, 0.1) is 13.8 Å². The van der Waals surface area contributed by atoms with Crippen molar-refractivity contribution in [1.29, 1.82) is 0 Å². The van der Waals surface area contributed by atoms with E-state index in [1.54, 1.807) is 38.6 Å². The molecule has 2 N–H and O–H groups in total. The first-order valence-electron chi connectivity index (χ1n) is 9.29. The second kappa shape index (κ2) is 9.10. The number of nitrogens with zero attached hydrogens (tertiary/aromatic N) is 1. The average Bonchev–Trinajstić information content (AvgIpc) is 2.72. The van der Waals surface area contributed by atoms with Crippen LogP contribution in [0.15, 0.2) is 54.7 Å². The van der Waals surface area contributed by atoms with Crippen LogP contribution in [-0.2, 0) is 11.2 Å². The number of rotatable bonds is 7. The second-order valence-corrected chi connectivity index (χ2v) is 6.77. The van der Waals surface area contributed by atoms with Gasteiger partial charge in [-0.2, -0.15) is 0 Å². The summed E-state index contributed by atoms with van der Waals surface area (Å²) >= 11 is 0. The van der Waals surface area contributed by atoms with Gasteiger partial charge in [0.15, 0.2) is 11.5 Å². The number of ether oxygens (including phenoxy) is 2. The number of hydrogen-bond acceptors (Lipinski definition) is 5. The molecule has 3 aromatic rings. The molecule has 1 heterocycles. The van der Waals surface area contributed by atoms with E-state index in [0.29, 0.717) is 17.3 Å². The number of methoxy groups -OCH3 is 2. The molecule has 1 amide bonds. The second-order valence-electron chi connectivity index (χ2n) is 6.77. The van der Waals surface area contributed by atoms with Gasteiger partial charge in [-0.1, -0.05) is 12.1 Å². The standard InChI is InChI=1S/C23H25N3O3/c1-15-5-7-18(11-16(15)2)25-19-8-10-22(24-14-19)26-23(27)13-17-6-9-20(28-3)21(12-17)29-4/h5-12,14,25H,13H2,1-4H3,(H,24,26,27). The van der Waals surface area contributed by atoms with Crippen molar-refractivity contribution in [2.75, 3.05) is 24.9 Å². The Morgan fingerprint density at radius 2 is 1.66 bits per heavy atom. The number of benzene rings is 2. The monoisotopic (exact) mass is 391 g/mol. The van der Waals surface area contributed by atoms with Crippen molar-refractivity contribution >= 4 is 23.1 Å². The Morgan fingerprint density at radius 1 is 0.897 bits per heavy atom. The largest absolute Gasteiger partial charge is 0.493 e. The van der Waals surface area contributed by atoms with E-state index in [-0.39, 0.29) is 12.3 Å². The number of hydrogen-bond donors (Lipinski definition) is 2. The van der Waals surface area contributed by atoms with E-state index in [4.69, 9.17) is 9.47 Å². The van der Waals surface area contributed by atoms with Crippen LogP contribution >= 0.6 is 0 Å². The van der Waals surface area contributed by atoms with Crippen molar-refractivity contribution in [1.82, 2.24) is 4.98 Å². The highest BCUT2D eigenvalue weighted by molar-refractivity contribution is 5.91. The first kappa shape index (κ1) is 20.2. The molecule has 0 radical (unpaired) electrons. The van der Waals surface area contributed by atoms with Crippen LogP contribution in [0.5, 0.6) is 11.5 Å². The number of amides is 1. The van der Waals surface area contributed by atoms with Gasteiger partial charge in [-0.05, 0) is 66.9 Å². The summed E-state index contributed by atoms with van der Waals surface area (Å²) in [6.45, 7) is 4.16. The highest BCUT2D eigenvalue weighted by atomic mass is 16.5. The molecule has 1 aromatic heterocycles. The molecular formula is C23H25N3O3. The first-order chi connectivity index (χ1) is 14.0. The zero-order chi connectivity index (χ0) is 20.8. The molecule has 0 bridgehead atoms. The molecule has 0 fully saturated rings. The van der Waals surface area contributed by atoms with Crippen molar-refractivity contribution < 1.29 is 14.3 Å². The van der Waals surface area contributed by atoms with Crippen LogP contribution < -0.4 is 20.1 Å². The van der Waals surface area contributed by atoms with Gasteiger partial charge >= 0.3 is 0 Å². The maximum atomic E-state index is 12.3. The van der Waals surface area contributed by atoms with E-state index < -0.39 is 0 Å². The third kappa shape index (κ3) is 5.25. The predicted molar refractivity (Wildman–Crippen MR) is 115 cm³/mol. The third-order valence-electron chi connectivity index (χ3n) is 4.64. The molecule has 0 saturated carbocycles. The summed E-state index contributed by atoms with van der Waals surface area (Å²) in [5.74, 6) is 1.57. The topological polar surface area (TPSA) is 72.5 Å². The molecule has 0 spiro atoms. The van der Waals surface area contributed by atoms with Crippen LogP contribution in [0.4, 0.5) is 17.2 Å². The predicted octanol–water partition coefficient (Wildman–Crippen LogP) is 4.64.